The monoisotopic (exact) mass is 453 g/mol. The highest BCUT2D eigenvalue weighted by molar-refractivity contribution is 7.98. The molecule has 2 atom stereocenters. The van der Waals surface area contributed by atoms with Crippen LogP contribution >= 0.6 is 24.4 Å². The van der Waals surface area contributed by atoms with Gasteiger partial charge < -0.3 is 10.6 Å². The van der Waals surface area contributed by atoms with Crippen molar-refractivity contribution in [3.05, 3.63) is 65.9 Å². The van der Waals surface area contributed by atoms with Crippen molar-refractivity contribution in [1.82, 2.24) is 10.6 Å². The lowest BCUT2D eigenvalue weighted by Gasteiger charge is -2.33. The van der Waals surface area contributed by atoms with Crippen molar-refractivity contribution in [1.29, 1.82) is 0 Å². The van der Waals surface area contributed by atoms with Crippen molar-refractivity contribution in [3.8, 4) is 11.1 Å². The summed E-state index contributed by atoms with van der Waals surface area (Å²) < 4.78 is 0. The van der Waals surface area contributed by atoms with Crippen molar-refractivity contribution >= 4 is 30.1 Å². The molecule has 0 aromatic heterocycles. The minimum absolute atomic E-state index is 0.255. The summed E-state index contributed by atoms with van der Waals surface area (Å²) in [6.45, 7) is 6.44. The molecule has 1 fully saturated rings. The molecule has 3 nitrogen and oxygen atoms in total. The Bertz CT molecular complexity index is 875. The van der Waals surface area contributed by atoms with E-state index >= 15 is 0 Å². The van der Waals surface area contributed by atoms with Gasteiger partial charge in [-0.3, -0.25) is 4.99 Å². The number of hydrogen-bond acceptors (Lipinski definition) is 5. The minimum Gasteiger partial charge on any atom is -0.367 e. The van der Waals surface area contributed by atoms with Gasteiger partial charge in [-0.25, -0.2) is 0 Å². The summed E-state index contributed by atoms with van der Waals surface area (Å²) in [6.07, 6.45) is 5.74. The molecule has 5 heteroatoms. The van der Waals surface area contributed by atoms with Crippen LogP contribution in [-0.2, 0) is 0 Å². The van der Waals surface area contributed by atoms with Gasteiger partial charge in [0.05, 0.1) is 5.71 Å². The molecule has 31 heavy (non-hydrogen) atoms. The molecule has 2 aliphatic rings. The second-order valence-electron chi connectivity index (χ2n) is 7.97. The molecule has 0 saturated carbocycles. The third-order valence-corrected chi connectivity index (χ3v) is 6.97. The summed E-state index contributed by atoms with van der Waals surface area (Å²) in [4.78, 5) is 6.21. The molecule has 2 aromatic carbocycles. The van der Waals surface area contributed by atoms with Crippen LogP contribution in [0.3, 0.4) is 0 Å². The van der Waals surface area contributed by atoms with Gasteiger partial charge in [0.25, 0.3) is 0 Å². The number of benzene rings is 2. The highest BCUT2D eigenvalue weighted by Gasteiger charge is 2.26. The van der Waals surface area contributed by atoms with Crippen LogP contribution in [0.2, 0.25) is 0 Å². The highest BCUT2D eigenvalue weighted by Crippen LogP contribution is 2.24. The quantitative estimate of drug-likeness (QED) is 0.368. The van der Waals surface area contributed by atoms with Crippen LogP contribution in [0.15, 0.2) is 75.8 Å². The van der Waals surface area contributed by atoms with E-state index in [1.165, 1.54) is 33.0 Å². The molecule has 2 unspecified atom stereocenters. The Hall–Kier alpha value is -1.69. The van der Waals surface area contributed by atoms with Crippen LogP contribution in [0.5, 0.6) is 0 Å². The number of thiol groups is 1. The van der Waals surface area contributed by atoms with Gasteiger partial charge in [0.15, 0.2) is 0 Å². The number of thioether (sulfide) groups is 1. The number of piperidine rings is 1. The number of nitrogens with one attached hydrogen (secondary N) is 2. The second-order valence-corrected chi connectivity index (χ2v) is 9.30. The molecular weight excluding hydrogens is 418 g/mol. The van der Waals surface area contributed by atoms with Crippen LogP contribution in [0.4, 0.5) is 0 Å². The number of allylic oxidation sites excluding steroid dienone is 1. The first-order valence-electron chi connectivity index (χ1n) is 11.2. The largest absolute Gasteiger partial charge is 0.367 e. The molecule has 0 spiro atoms. The predicted octanol–water partition coefficient (Wildman–Crippen LogP) is 6.05. The highest BCUT2D eigenvalue weighted by atomic mass is 32.2. The van der Waals surface area contributed by atoms with Gasteiger partial charge in [0.1, 0.15) is 6.17 Å². The lowest BCUT2D eigenvalue weighted by atomic mass is 9.94. The summed E-state index contributed by atoms with van der Waals surface area (Å²) >= 11 is 6.12. The van der Waals surface area contributed by atoms with Crippen molar-refractivity contribution in [2.75, 3.05) is 25.1 Å². The number of fused-ring (bicyclic) bond motifs is 1. The maximum Gasteiger partial charge on any atom is 0.121 e. The molecule has 0 amide bonds. The molecule has 2 N–H and O–H groups in total. The van der Waals surface area contributed by atoms with Gasteiger partial charge in [-0.2, -0.15) is 12.6 Å². The van der Waals surface area contributed by atoms with Crippen molar-refractivity contribution in [2.24, 2.45) is 10.9 Å². The normalized spacial score (nSPS) is 18.8. The average molecular weight is 454 g/mol. The Balaban J connectivity index is 0.000000179. The van der Waals surface area contributed by atoms with E-state index in [2.05, 4.69) is 91.9 Å². The third-order valence-electron chi connectivity index (χ3n) is 5.97. The molecule has 2 aromatic rings. The summed E-state index contributed by atoms with van der Waals surface area (Å²) in [5.74, 6) is 1.54. The van der Waals surface area contributed by atoms with E-state index in [9.17, 15) is 0 Å². The van der Waals surface area contributed by atoms with Gasteiger partial charge in [0, 0.05) is 17.1 Å². The Kier molecular flexibility index (Phi) is 9.56. The Morgan fingerprint density at radius 2 is 1.81 bits per heavy atom. The smallest absolute Gasteiger partial charge is 0.121 e. The van der Waals surface area contributed by atoms with E-state index in [0.29, 0.717) is 5.92 Å². The zero-order valence-electron chi connectivity index (χ0n) is 18.9. The SMILES string of the molecule is CCC(CCS)C1N=C2CNCCC2=C(C)N1.CSc1ccc(-c2ccccc2)cc1. The first kappa shape index (κ1) is 24.0. The van der Waals surface area contributed by atoms with Crippen LogP contribution in [0.25, 0.3) is 11.1 Å². The fourth-order valence-electron chi connectivity index (χ4n) is 4.10. The summed E-state index contributed by atoms with van der Waals surface area (Å²) in [6, 6.07) is 19.1. The first-order valence-corrected chi connectivity index (χ1v) is 13.1. The molecular formula is C26H35N3S2. The standard InChI is InChI=1S/C13H23N3S.C13H12S/c1-3-10(5-7-17)13-15-9(2)11-4-6-14-8-12(11)16-13;1-14-13-9-7-12(8-10-13)11-5-3-2-4-6-11/h10,13-15,17H,3-8H2,1-2H3;2-10H,1H3. The number of hydrogen-bond donors (Lipinski definition) is 3. The van der Waals surface area contributed by atoms with Gasteiger partial charge in [-0.05, 0) is 79.5 Å². The lowest BCUT2D eigenvalue weighted by molar-refractivity contribution is 0.360. The van der Waals surface area contributed by atoms with Gasteiger partial charge in [-0.15, -0.1) is 11.8 Å². The molecule has 1 saturated heterocycles. The zero-order chi connectivity index (χ0) is 22.1. The minimum atomic E-state index is 0.255. The number of rotatable bonds is 6. The van der Waals surface area contributed by atoms with E-state index < -0.39 is 0 Å². The summed E-state index contributed by atoms with van der Waals surface area (Å²) in [5, 5.41) is 6.99. The van der Waals surface area contributed by atoms with Gasteiger partial charge in [-0.1, -0.05) is 49.4 Å². The molecule has 4 rings (SSSR count). The summed E-state index contributed by atoms with van der Waals surface area (Å²) in [5.41, 5.74) is 6.60. The molecule has 0 bridgehead atoms. The van der Waals surface area contributed by atoms with Crippen molar-refractivity contribution in [2.45, 2.75) is 44.2 Å². The maximum atomic E-state index is 4.90. The summed E-state index contributed by atoms with van der Waals surface area (Å²) in [7, 11) is 0. The van der Waals surface area contributed by atoms with Crippen LogP contribution in [0.1, 0.15) is 33.1 Å². The Labute approximate surface area is 197 Å². The van der Waals surface area contributed by atoms with Crippen LogP contribution < -0.4 is 10.6 Å². The first-order chi connectivity index (χ1) is 15.2. The van der Waals surface area contributed by atoms with E-state index in [1.807, 2.05) is 6.07 Å². The number of nitrogens with zero attached hydrogens (tertiary/aromatic N) is 1. The molecule has 0 aliphatic carbocycles. The third kappa shape index (κ3) is 6.64. The fourth-order valence-corrected chi connectivity index (χ4v) is 4.84. The average Bonchev–Trinajstić information content (AvgIpc) is 2.83. The van der Waals surface area contributed by atoms with Crippen molar-refractivity contribution in [3.63, 3.8) is 0 Å². The molecule has 2 heterocycles. The number of aliphatic imine (C=N–C) groups is 1. The van der Waals surface area contributed by atoms with Gasteiger partial charge >= 0.3 is 0 Å². The van der Waals surface area contributed by atoms with E-state index in [-0.39, 0.29) is 6.17 Å². The van der Waals surface area contributed by atoms with Crippen LogP contribution in [0, 0.1) is 5.92 Å². The molecule has 166 valence electrons. The second kappa shape index (κ2) is 12.4. The lowest BCUT2D eigenvalue weighted by Crippen LogP contribution is -2.43. The van der Waals surface area contributed by atoms with Crippen LogP contribution in [-0.4, -0.2) is 37.0 Å². The van der Waals surface area contributed by atoms with E-state index in [1.54, 1.807) is 11.8 Å². The molecule has 2 aliphatic heterocycles. The fraction of sp³-hybridized carbons (Fsp3) is 0.423. The van der Waals surface area contributed by atoms with E-state index in [4.69, 9.17) is 4.99 Å². The Morgan fingerprint density at radius 3 is 2.45 bits per heavy atom. The Morgan fingerprint density at radius 1 is 1.10 bits per heavy atom. The van der Waals surface area contributed by atoms with Gasteiger partial charge in [0.2, 0.25) is 0 Å². The van der Waals surface area contributed by atoms with E-state index in [0.717, 1.165) is 38.1 Å². The zero-order valence-corrected chi connectivity index (χ0v) is 20.6. The molecule has 0 radical (unpaired) electrons. The predicted molar refractivity (Wildman–Crippen MR) is 140 cm³/mol. The maximum absolute atomic E-state index is 4.90. The topological polar surface area (TPSA) is 36.4 Å². The van der Waals surface area contributed by atoms with Crippen molar-refractivity contribution < 1.29 is 0 Å².